The van der Waals surface area contributed by atoms with Gasteiger partial charge in [0.2, 0.25) is 0 Å². The Morgan fingerprint density at radius 2 is 1.71 bits per heavy atom. The van der Waals surface area contributed by atoms with Crippen LogP contribution >= 0.6 is 0 Å². The Kier molecular flexibility index (Phi) is 12.2. The van der Waals surface area contributed by atoms with Gasteiger partial charge in [0.25, 0.3) is 0 Å². The fourth-order valence-electron chi connectivity index (χ4n) is 7.99. The van der Waals surface area contributed by atoms with Crippen LogP contribution in [-0.4, -0.2) is 59.4 Å². The van der Waals surface area contributed by atoms with E-state index in [0.29, 0.717) is 11.8 Å². The largest absolute Gasteiger partial charge is 0.457 e. The van der Waals surface area contributed by atoms with Crippen molar-refractivity contribution in [2.24, 2.45) is 22.7 Å². The number of carbonyl (C=O) groups excluding carboxylic acids is 1. The maximum atomic E-state index is 13.0. The first kappa shape index (κ1) is 36.2. The van der Waals surface area contributed by atoms with Crippen LogP contribution in [0.3, 0.4) is 0 Å². The minimum atomic E-state index is -0.00369. The van der Waals surface area contributed by atoms with Crippen LogP contribution in [0.1, 0.15) is 94.4 Å². The molecule has 0 spiro atoms. The fraction of sp³-hybridized carbons (Fsp3) is 0.467. The molecule has 1 aliphatic carbocycles. The van der Waals surface area contributed by atoms with Crippen molar-refractivity contribution in [3.8, 4) is 22.8 Å². The maximum Gasteiger partial charge on any atom is 0.158 e. The van der Waals surface area contributed by atoms with Crippen LogP contribution in [0.4, 0.5) is 5.69 Å². The lowest BCUT2D eigenvalue weighted by molar-refractivity contribution is -0.118. The molecule has 2 aromatic carbocycles. The molecule has 1 unspecified atom stereocenters. The second kappa shape index (κ2) is 17.5. The fourth-order valence-corrected chi connectivity index (χ4v) is 7.99. The summed E-state index contributed by atoms with van der Waals surface area (Å²) in [7, 11) is 0. The van der Waals surface area contributed by atoms with Gasteiger partial charge in [-0.15, -0.1) is 0 Å². The van der Waals surface area contributed by atoms with Gasteiger partial charge in [-0.25, -0.2) is 0 Å². The molecule has 4 aliphatic rings. The number of aryl methyl sites for hydroxylation is 1. The molecule has 2 saturated heterocycles. The highest BCUT2D eigenvalue weighted by Gasteiger charge is 2.27. The van der Waals surface area contributed by atoms with Crippen molar-refractivity contribution in [2.45, 2.75) is 84.0 Å². The van der Waals surface area contributed by atoms with E-state index >= 15 is 0 Å². The zero-order valence-corrected chi connectivity index (χ0v) is 31.0. The number of likely N-dealkylation sites (tertiary alicyclic amines) is 1. The van der Waals surface area contributed by atoms with E-state index in [-0.39, 0.29) is 11.7 Å². The number of benzene rings is 2. The maximum absolute atomic E-state index is 13.0. The molecule has 0 bridgehead atoms. The highest BCUT2D eigenvalue weighted by molar-refractivity contribution is 5.92. The van der Waals surface area contributed by atoms with Crippen molar-refractivity contribution < 1.29 is 14.3 Å². The van der Waals surface area contributed by atoms with Gasteiger partial charge in [-0.05, 0) is 149 Å². The molecule has 3 aliphatic heterocycles. The Bertz CT molecular complexity index is 1780. The van der Waals surface area contributed by atoms with E-state index in [1.165, 1.54) is 37.9 Å². The molecule has 0 radical (unpaired) electrons. The molecule has 0 N–H and O–H groups in total. The molecule has 7 rings (SSSR count). The number of hydrogen-bond donors (Lipinski definition) is 0. The number of ether oxygens (including phenoxy) is 2. The highest BCUT2D eigenvalue weighted by atomic mass is 16.5. The van der Waals surface area contributed by atoms with Crippen LogP contribution in [0.25, 0.3) is 17.3 Å². The zero-order valence-electron chi connectivity index (χ0n) is 31.0. The summed E-state index contributed by atoms with van der Waals surface area (Å²) in [6.07, 6.45) is 22.3. The van der Waals surface area contributed by atoms with Gasteiger partial charge >= 0.3 is 0 Å². The molecular formula is C45H54N4O3. The van der Waals surface area contributed by atoms with Gasteiger partial charge in [-0.2, -0.15) is 10.2 Å². The van der Waals surface area contributed by atoms with E-state index < -0.39 is 0 Å². The summed E-state index contributed by atoms with van der Waals surface area (Å²) in [5.41, 5.74) is 7.36. The van der Waals surface area contributed by atoms with E-state index in [2.05, 4.69) is 59.3 Å². The van der Waals surface area contributed by atoms with Crippen molar-refractivity contribution in [2.75, 3.05) is 32.8 Å². The van der Waals surface area contributed by atoms with Crippen LogP contribution in [0.5, 0.6) is 11.5 Å². The topological polar surface area (TPSA) is 76.9 Å². The van der Waals surface area contributed by atoms with Gasteiger partial charge in [0.15, 0.2) is 5.78 Å². The van der Waals surface area contributed by atoms with Crippen LogP contribution in [-0.2, 0) is 16.0 Å². The molecule has 2 fully saturated rings. The van der Waals surface area contributed by atoms with E-state index in [0.717, 1.165) is 116 Å². The van der Waals surface area contributed by atoms with Crippen molar-refractivity contribution in [1.29, 1.82) is 0 Å². The highest BCUT2D eigenvalue weighted by Crippen LogP contribution is 2.38. The molecule has 4 heterocycles. The molecular weight excluding hydrogens is 645 g/mol. The molecule has 7 heteroatoms. The van der Waals surface area contributed by atoms with Crippen LogP contribution in [0, 0.1) is 17.8 Å². The molecule has 3 aromatic rings. The summed E-state index contributed by atoms with van der Waals surface area (Å²) < 4.78 is 12.3. The number of nitrogens with zero attached hydrogens (tertiary/aromatic N) is 4. The average molecular weight is 699 g/mol. The molecule has 272 valence electrons. The van der Waals surface area contributed by atoms with Crippen LogP contribution in [0.2, 0.25) is 0 Å². The van der Waals surface area contributed by atoms with E-state index in [1.54, 1.807) is 6.08 Å². The minimum Gasteiger partial charge on any atom is -0.457 e. The summed E-state index contributed by atoms with van der Waals surface area (Å²) in [5, 5.41) is 8.89. The number of hydrogen-bond acceptors (Lipinski definition) is 7. The normalized spacial score (nSPS) is 20.6. The Labute approximate surface area is 309 Å². The van der Waals surface area contributed by atoms with Gasteiger partial charge in [0.05, 0.1) is 17.1 Å². The van der Waals surface area contributed by atoms with Crippen molar-refractivity contribution >= 4 is 23.3 Å². The number of allylic oxidation sites excluding steroid dienone is 5. The first-order chi connectivity index (χ1) is 25.5. The number of piperidine rings is 1. The lowest BCUT2D eigenvalue weighted by atomic mass is 9.87. The third kappa shape index (κ3) is 9.42. The zero-order chi connectivity index (χ0) is 35.7. The predicted molar refractivity (Wildman–Crippen MR) is 210 cm³/mol. The standard InChI is InChI=1S/C45H54N4O3/c1-32(2)40-19-20-42(48-47-40)34-15-17-39(18-16-34)52-45-30-43-37(29-38(45)14-13-36-9-5-3-4-6-12-44(36)50)10-7-8-11-41(46-43)35-21-25-49(26-22-35)31-33-23-27-51-28-24-33/h3-4,6-7,10,12,15-20,29-30,32-33,35-36H,5,8-9,11,13-14,21-28,31H2,1-2H3. The minimum absolute atomic E-state index is 0.00369. The Morgan fingerprint density at radius 3 is 2.48 bits per heavy atom. The van der Waals surface area contributed by atoms with Crippen molar-refractivity contribution in [1.82, 2.24) is 15.1 Å². The van der Waals surface area contributed by atoms with Crippen molar-refractivity contribution in [3.63, 3.8) is 0 Å². The smallest absolute Gasteiger partial charge is 0.158 e. The Balaban J connectivity index is 1.12. The van der Waals surface area contributed by atoms with Crippen LogP contribution in [0.15, 0.2) is 83.9 Å². The molecule has 1 atom stereocenters. The predicted octanol–water partition coefficient (Wildman–Crippen LogP) is 10.1. The van der Waals surface area contributed by atoms with Gasteiger partial charge in [0, 0.05) is 48.6 Å². The number of ketones is 1. The van der Waals surface area contributed by atoms with Gasteiger partial charge in [-0.1, -0.05) is 44.2 Å². The molecule has 7 nitrogen and oxygen atoms in total. The summed E-state index contributed by atoms with van der Waals surface area (Å²) in [4.78, 5) is 21.1. The summed E-state index contributed by atoms with van der Waals surface area (Å²) >= 11 is 0. The van der Waals surface area contributed by atoms with Gasteiger partial charge < -0.3 is 14.4 Å². The van der Waals surface area contributed by atoms with E-state index in [1.807, 2.05) is 48.6 Å². The second-order valence-electron chi connectivity index (χ2n) is 15.3. The van der Waals surface area contributed by atoms with E-state index in [9.17, 15) is 4.79 Å². The Morgan fingerprint density at radius 1 is 0.885 bits per heavy atom. The lowest BCUT2D eigenvalue weighted by Crippen LogP contribution is -2.40. The summed E-state index contributed by atoms with van der Waals surface area (Å²) in [6.45, 7) is 9.57. The first-order valence-corrected chi connectivity index (χ1v) is 19.7. The molecule has 52 heavy (non-hydrogen) atoms. The number of aromatic nitrogens is 2. The van der Waals surface area contributed by atoms with Gasteiger partial charge in [0.1, 0.15) is 11.5 Å². The molecule has 0 saturated carbocycles. The quantitative estimate of drug-likeness (QED) is 0.210. The first-order valence-electron chi connectivity index (χ1n) is 19.7. The third-order valence-electron chi connectivity index (χ3n) is 11.3. The van der Waals surface area contributed by atoms with Crippen LogP contribution < -0.4 is 4.74 Å². The van der Waals surface area contributed by atoms with Gasteiger partial charge in [-0.3, -0.25) is 9.79 Å². The molecule has 0 amide bonds. The Hall–Kier alpha value is -4.20. The average Bonchev–Trinajstić information content (AvgIpc) is 3.15. The number of fused-ring (bicyclic) bond motifs is 1. The summed E-state index contributed by atoms with van der Waals surface area (Å²) in [5.74, 6) is 3.40. The van der Waals surface area contributed by atoms with E-state index in [4.69, 9.17) is 14.5 Å². The van der Waals surface area contributed by atoms with Crippen molar-refractivity contribution in [3.05, 3.63) is 95.7 Å². The summed E-state index contributed by atoms with van der Waals surface area (Å²) in [6, 6.07) is 16.6. The molecule has 1 aromatic heterocycles. The number of rotatable bonds is 10. The monoisotopic (exact) mass is 698 g/mol. The second-order valence-corrected chi connectivity index (χ2v) is 15.3. The lowest BCUT2D eigenvalue weighted by Gasteiger charge is -2.36. The SMILES string of the molecule is CC(C)c1ccc(-c2ccc(Oc3cc4c(cc3CCC3CCC=CC=CC3=O)C=CCCC(C3CCN(CC5CCOCC5)CC3)=N4)cc2)nn1. The third-order valence-corrected chi connectivity index (χ3v) is 11.3. The number of carbonyl (C=O) groups is 1. The number of aliphatic imine (C=N–C) groups is 1.